The van der Waals surface area contributed by atoms with Gasteiger partial charge in [0.05, 0.1) is 6.21 Å². The molecular weight excluding hydrogens is 308 g/mol. The number of hydrogen-bond acceptors (Lipinski definition) is 4. The number of rotatable bonds is 4. The van der Waals surface area contributed by atoms with Gasteiger partial charge in [-0.25, -0.2) is 5.10 Å². The van der Waals surface area contributed by atoms with Crippen molar-refractivity contribution in [2.75, 3.05) is 0 Å². The van der Waals surface area contributed by atoms with Crippen LogP contribution in [0, 0.1) is 11.7 Å². The number of hydrogen-bond donors (Lipinski definition) is 2. The van der Waals surface area contributed by atoms with Crippen LogP contribution < -0.4 is 0 Å². The van der Waals surface area contributed by atoms with E-state index in [2.05, 4.69) is 25.5 Å². The van der Waals surface area contributed by atoms with Crippen molar-refractivity contribution in [1.82, 2.24) is 25.1 Å². The summed E-state index contributed by atoms with van der Waals surface area (Å²) in [6.07, 6.45) is 3.80. The second-order valence-electron chi connectivity index (χ2n) is 5.14. The number of aromatic nitrogens is 5. The minimum Gasteiger partial charge on any atom is -0.282 e. The standard InChI is InChI=1S/C16H16N6S/c1-11(8-13-6-4-3-5-7-13)10-17-22-15(20-21-16(22)23)14-9-12(2)18-19-14/h3-10H,1-2H3,(H,18,19)(H,21,23)/b11-8+,17-10?. The fourth-order valence-electron chi connectivity index (χ4n) is 2.10. The third-order valence-corrected chi connectivity index (χ3v) is 3.42. The van der Waals surface area contributed by atoms with Gasteiger partial charge in [-0.2, -0.15) is 20.0 Å². The maximum absolute atomic E-state index is 5.24. The Balaban J connectivity index is 1.90. The van der Waals surface area contributed by atoms with E-state index in [1.54, 1.807) is 10.9 Å². The Morgan fingerprint density at radius 3 is 2.70 bits per heavy atom. The van der Waals surface area contributed by atoms with Gasteiger partial charge in [0.1, 0.15) is 5.69 Å². The van der Waals surface area contributed by atoms with Crippen LogP contribution in [0.5, 0.6) is 0 Å². The minimum absolute atomic E-state index is 0.421. The first kappa shape index (κ1) is 15.1. The van der Waals surface area contributed by atoms with E-state index < -0.39 is 0 Å². The molecule has 1 aromatic carbocycles. The molecule has 0 spiro atoms. The molecule has 2 heterocycles. The number of aryl methyl sites for hydroxylation is 1. The van der Waals surface area contributed by atoms with Crippen LogP contribution in [0.3, 0.4) is 0 Å². The highest BCUT2D eigenvalue weighted by atomic mass is 32.1. The number of H-pyrrole nitrogens is 2. The summed E-state index contributed by atoms with van der Waals surface area (Å²) in [5.74, 6) is 0.572. The molecule has 0 bridgehead atoms. The molecule has 0 unspecified atom stereocenters. The zero-order valence-electron chi connectivity index (χ0n) is 12.8. The van der Waals surface area contributed by atoms with E-state index in [1.807, 2.05) is 56.3 Å². The Morgan fingerprint density at radius 2 is 2.00 bits per heavy atom. The van der Waals surface area contributed by atoms with E-state index in [4.69, 9.17) is 12.2 Å². The number of nitrogens with zero attached hydrogens (tertiary/aromatic N) is 4. The summed E-state index contributed by atoms with van der Waals surface area (Å²) >= 11 is 5.24. The molecule has 0 atom stereocenters. The smallest absolute Gasteiger partial charge is 0.216 e. The number of aromatic amines is 2. The Hall–Kier alpha value is -2.80. The fraction of sp³-hybridized carbons (Fsp3) is 0.125. The lowest BCUT2D eigenvalue weighted by atomic mass is 10.1. The summed E-state index contributed by atoms with van der Waals surface area (Å²) < 4.78 is 1.98. The first-order valence-corrected chi connectivity index (χ1v) is 7.52. The van der Waals surface area contributed by atoms with Gasteiger partial charge in [0.25, 0.3) is 0 Å². The third kappa shape index (κ3) is 3.51. The molecule has 0 fully saturated rings. The number of allylic oxidation sites excluding steroid dienone is 1. The lowest BCUT2D eigenvalue weighted by Gasteiger charge is -1.98. The highest BCUT2D eigenvalue weighted by Crippen LogP contribution is 2.15. The molecular formula is C16H16N6S. The molecule has 0 amide bonds. The average Bonchev–Trinajstić information content (AvgIpc) is 3.12. The summed E-state index contributed by atoms with van der Waals surface area (Å²) in [6.45, 7) is 3.91. The highest BCUT2D eigenvalue weighted by molar-refractivity contribution is 7.71. The Kier molecular flexibility index (Phi) is 4.29. The van der Waals surface area contributed by atoms with Gasteiger partial charge in [-0.05, 0) is 43.3 Å². The molecule has 0 aliphatic rings. The van der Waals surface area contributed by atoms with E-state index in [1.165, 1.54) is 0 Å². The average molecular weight is 324 g/mol. The van der Waals surface area contributed by atoms with E-state index in [0.29, 0.717) is 16.3 Å². The van der Waals surface area contributed by atoms with Gasteiger partial charge in [-0.1, -0.05) is 36.4 Å². The Labute approximate surface area is 138 Å². The Bertz CT molecular complexity index is 913. The number of nitrogens with one attached hydrogen (secondary N) is 2. The molecule has 23 heavy (non-hydrogen) atoms. The molecule has 116 valence electrons. The van der Waals surface area contributed by atoms with Gasteiger partial charge < -0.3 is 0 Å². The van der Waals surface area contributed by atoms with E-state index in [0.717, 1.165) is 16.8 Å². The van der Waals surface area contributed by atoms with Crippen molar-refractivity contribution in [3.63, 3.8) is 0 Å². The molecule has 7 heteroatoms. The van der Waals surface area contributed by atoms with Crippen molar-refractivity contribution < 1.29 is 0 Å². The van der Waals surface area contributed by atoms with Crippen molar-refractivity contribution >= 4 is 24.5 Å². The van der Waals surface area contributed by atoms with Crippen molar-refractivity contribution in [3.05, 3.63) is 58.0 Å². The summed E-state index contributed by atoms with van der Waals surface area (Å²) in [5, 5.41) is 18.4. The first-order valence-electron chi connectivity index (χ1n) is 7.11. The largest absolute Gasteiger partial charge is 0.282 e. The maximum atomic E-state index is 5.24. The predicted molar refractivity (Wildman–Crippen MR) is 93.7 cm³/mol. The molecule has 3 rings (SSSR count). The van der Waals surface area contributed by atoms with Gasteiger partial charge in [0.15, 0.2) is 0 Å². The summed E-state index contributed by atoms with van der Waals surface area (Å²) in [6, 6.07) is 12.0. The molecule has 0 saturated carbocycles. The van der Waals surface area contributed by atoms with Gasteiger partial charge >= 0.3 is 0 Å². The van der Waals surface area contributed by atoms with Crippen LogP contribution >= 0.6 is 12.2 Å². The lowest BCUT2D eigenvalue weighted by molar-refractivity contribution is 0.865. The summed E-state index contributed by atoms with van der Waals surface area (Å²) in [5.41, 5.74) is 3.76. The molecule has 6 nitrogen and oxygen atoms in total. The van der Waals surface area contributed by atoms with Crippen molar-refractivity contribution in [3.8, 4) is 11.5 Å². The summed E-state index contributed by atoms with van der Waals surface area (Å²) in [4.78, 5) is 0. The van der Waals surface area contributed by atoms with Crippen molar-refractivity contribution in [2.45, 2.75) is 13.8 Å². The normalized spacial score (nSPS) is 12.2. The third-order valence-electron chi connectivity index (χ3n) is 3.16. The molecule has 3 aromatic rings. The van der Waals surface area contributed by atoms with Crippen LogP contribution in [0.4, 0.5) is 0 Å². The zero-order chi connectivity index (χ0) is 16.2. The van der Waals surface area contributed by atoms with Crippen LogP contribution in [-0.4, -0.2) is 31.3 Å². The lowest BCUT2D eigenvalue weighted by Crippen LogP contribution is -1.95. The molecule has 0 saturated heterocycles. The topological polar surface area (TPSA) is 74.7 Å². The SMILES string of the molecule is C/C(C=Nn1c(-c2cc(C)[nH]n2)n[nH]c1=S)=C\c1ccccc1. The Morgan fingerprint density at radius 1 is 1.22 bits per heavy atom. The monoisotopic (exact) mass is 324 g/mol. The van der Waals surface area contributed by atoms with Crippen molar-refractivity contribution in [1.29, 1.82) is 0 Å². The van der Waals surface area contributed by atoms with Gasteiger partial charge in [-0.3, -0.25) is 5.10 Å². The minimum atomic E-state index is 0.421. The number of benzene rings is 1. The first-order chi connectivity index (χ1) is 11.1. The van der Waals surface area contributed by atoms with Gasteiger partial charge in [-0.15, -0.1) is 0 Å². The van der Waals surface area contributed by atoms with Gasteiger partial charge in [0.2, 0.25) is 10.6 Å². The van der Waals surface area contributed by atoms with Crippen LogP contribution in [-0.2, 0) is 0 Å². The quantitative estimate of drug-likeness (QED) is 0.569. The second-order valence-corrected chi connectivity index (χ2v) is 5.53. The molecule has 0 aliphatic carbocycles. The predicted octanol–water partition coefficient (Wildman–Crippen LogP) is 3.58. The van der Waals surface area contributed by atoms with E-state index in [9.17, 15) is 0 Å². The maximum Gasteiger partial charge on any atom is 0.216 e. The molecule has 0 radical (unpaired) electrons. The molecule has 2 aromatic heterocycles. The summed E-state index contributed by atoms with van der Waals surface area (Å²) in [7, 11) is 0. The van der Waals surface area contributed by atoms with Gasteiger partial charge in [0, 0.05) is 5.69 Å². The van der Waals surface area contributed by atoms with Crippen LogP contribution in [0.15, 0.2) is 47.1 Å². The molecule has 0 aliphatic heterocycles. The van der Waals surface area contributed by atoms with E-state index >= 15 is 0 Å². The van der Waals surface area contributed by atoms with Crippen LogP contribution in [0.25, 0.3) is 17.6 Å². The van der Waals surface area contributed by atoms with E-state index in [-0.39, 0.29) is 0 Å². The van der Waals surface area contributed by atoms with Crippen LogP contribution in [0.2, 0.25) is 0 Å². The highest BCUT2D eigenvalue weighted by Gasteiger charge is 2.10. The van der Waals surface area contributed by atoms with Crippen LogP contribution in [0.1, 0.15) is 18.2 Å². The molecule has 2 N–H and O–H groups in total. The van der Waals surface area contributed by atoms with Crippen molar-refractivity contribution in [2.24, 2.45) is 5.10 Å². The zero-order valence-corrected chi connectivity index (χ0v) is 13.6. The second kappa shape index (κ2) is 6.53. The fourth-order valence-corrected chi connectivity index (χ4v) is 2.27.